The van der Waals surface area contributed by atoms with Crippen molar-refractivity contribution in [3.05, 3.63) is 42.2 Å². The molecule has 0 radical (unpaired) electrons. The Kier molecular flexibility index (Phi) is 4.75. The van der Waals surface area contributed by atoms with Crippen LogP contribution >= 0.6 is 11.8 Å². The number of ether oxygens (including phenoxy) is 1. The van der Waals surface area contributed by atoms with E-state index in [0.717, 1.165) is 5.56 Å². The Morgan fingerprint density at radius 1 is 1.26 bits per heavy atom. The zero-order chi connectivity index (χ0) is 19.0. The number of fused-ring (bicyclic) bond motifs is 1. The molecule has 0 bridgehead atoms. The third-order valence-corrected chi connectivity index (χ3v) is 5.43. The molecule has 0 amide bonds. The van der Waals surface area contributed by atoms with Crippen LogP contribution in [0.1, 0.15) is 24.3 Å². The highest BCUT2D eigenvalue weighted by Gasteiger charge is 2.42. The van der Waals surface area contributed by atoms with Gasteiger partial charge in [-0.1, -0.05) is 11.8 Å². The van der Waals surface area contributed by atoms with E-state index in [1.165, 1.54) is 30.6 Å². The summed E-state index contributed by atoms with van der Waals surface area (Å²) in [5, 5.41) is 29.8. The van der Waals surface area contributed by atoms with Gasteiger partial charge in [0.2, 0.25) is 0 Å². The van der Waals surface area contributed by atoms with Gasteiger partial charge in [-0.25, -0.2) is 15.0 Å². The van der Waals surface area contributed by atoms with Gasteiger partial charge < -0.3 is 14.9 Å². The predicted molar refractivity (Wildman–Crippen MR) is 95.4 cm³/mol. The number of hydrogen-bond acceptors (Lipinski definition) is 9. The molecule has 138 valence electrons. The van der Waals surface area contributed by atoms with E-state index in [0.29, 0.717) is 27.5 Å². The number of pyridine rings is 1. The number of thioether (sulfide) groups is 1. The van der Waals surface area contributed by atoms with Gasteiger partial charge in [0.25, 0.3) is 0 Å². The summed E-state index contributed by atoms with van der Waals surface area (Å²) >= 11 is 1.45. The summed E-state index contributed by atoms with van der Waals surface area (Å²) in [6.07, 6.45) is 2.89. The molecule has 4 atom stereocenters. The van der Waals surface area contributed by atoms with Crippen LogP contribution in [0.4, 0.5) is 0 Å². The Morgan fingerprint density at radius 3 is 2.85 bits per heavy atom. The highest BCUT2D eigenvalue weighted by molar-refractivity contribution is 7.98. The zero-order valence-electron chi connectivity index (χ0n) is 14.3. The second kappa shape index (κ2) is 7.21. The molecule has 1 saturated heterocycles. The van der Waals surface area contributed by atoms with Gasteiger partial charge in [-0.05, 0) is 18.6 Å². The molecule has 1 aliphatic heterocycles. The lowest BCUT2D eigenvalue weighted by Crippen LogP contribution is -2.30. The average Bonchev–Trinajstić information content (AvgIpc) is 3.23. The number of nitrogens with zero attached hydrogens (tertiary/aromatic N) is 6. The Bertz CT molecular complexity index is 1020. The standard InChI is InChI=1S/C17H16N6O3S/c1-9-13(24)14(25)17(26-9)23-8-22-12-15(23)20-7-21-16(12)27-6-11-2-10(3-18)4-19-5-11/h2,4-5,7-9,13-14,17,24-25H,6H2,1H3/t9-,13-,14-,17-/m1/s1. The number of aliphatic hydroxyl groups is 2. The van der Waals surface area contributed by atoms with E-state index in [9.17, 15) is 10.2 Å². The Balaban J connectivity index is 1.60. The molecule has 1 fully saturated rings. The van der Waals surface area contributed by atoms with Crippen LogP contribution in [-0.2, 0) is 10.5 Å². The normalized spacial score (nSPS) is 25.0. The summed E-state index contributed by atoms with van der Waals surface area (Å²) in [6, 6.07) is 3.85. The van der Waals surface area contributed by atoms with Crippen molar-refractivity contribution >= 4 is 22.9 Å². The molecule has 4 rings (SSSR count). The fourth-order valence-electron chi connectivity index (χ4n) is 2.96. The first kappa shape index (κ1) is 17.8. The van der Waals surface area contributed by atoms with Crippen LogP contribution in [0, 0.1) is 11.3 Å². The predicted octanol–water partition coefficient (Wildman–Crippen LogP) is 1.02. The first-order valence-corrected chi connectivity index (χ1v) is 9.23. The van der Waals surface area contributed by atoms with Crippen molar-refractivity contribution in [3.63, 3.8) is 0 Å². The fourth-order valence-corrected chi connectivity index (χ4v) is 3.82. The lowest BCUT2D eigenvalue weighted by atomic mass is 10.1. The number of hydrogen-bond donors (Lipinski definition) is 2. The van der Waals surface area contributed by atoms with Gasteiger partial charge in [-0.3, -0.25) is 9.55 Å². The van der Waals surface area contributed by atoms with Gasteiger partial charge in [-0.15, -0.1) is 0 Å². The van der Waals surface area contributed by atoms with E-state index in [2.05, 4.69) is 26.0 Å². The topological polar surface area (TPSA) is 130 Å². The number of imidazole rings is 1. The largest absolute Gasteiger partial charge is 0.388 e. The third kappa shape index (κ3) is 3.26. The molecule has 1 aliphatic rings. The van der Waals surface area contributed by atoms with Crippen molar-refractivity contribution in [1.82, 2.24) is 24.5 Å². The first-order valence-electron chi connectivity index (χ1n) is 8.24. The maximum atomic E-state index is 10.2. The second-order valence-electron chi connectivity index (χ2n) is 6.20. The van der Waals surface area contributed by atoms with Crippen molar-refractivity contribution in [2.45, 2.75) is 42.2 Å². The minimum atomic E-state index is -1.07. The van der Waals surface area contributed by atoms with E-state index >= 15 is 0 Å². The maximum Gasteiger partial charge on any atom is 0.166 e. The number of rotatable bonds is 4. The molecule has 0 saturated carbocycles. The Hall–Kier alpha value is -2.58. The van der Waals surface area contributed by atoms with Crippen molar-refractivity contribution in [3.8, 4) is 6.07 Å². The van der Waals surface area contributed by atoms with Crippen LogP contribution in [-0.4, -0.2) is 53.0 Å². The van der Waals surface area contributed by atoms with Crippen molar-refractivity contribution in [2.24, 2.45) is 0 Å². The Morgan fingerprint density at radius 2 is 2.11 bits per heavy atom. The molecular formula is C17H16N6O3S. The third-order valence-electron chi connectivity index (χ3n) is 4.38. The van der Waals surface area contributed by atoms with Gasteiger partial charge in [-0.2, -0.15) is 5.26 Å². The molecule has 0 aliphatic carbocycles. The second-order valence-corrected chi connectivity index (χ2v) is 7.16. The van der Waals surface area contributed by atoms with Gasteiger partial charge >= 0.3 is 0 Å². The Labute approximate surface area is 158 Å². The van der Waals surface area contributed by atoms with E-state index in [1.54, 1.807) is 23.8 Å². The monoisotopic (exact) mass is 384 g/mol. The highest BCUT2D eigenvalue weighted by atomic mass is 32.2. The van der Waals surface area contributed by atoms with Crippen LogP contribution in [0.2, 0.25) is 0 Å². The van der Waals surface area contributed by atoms with Gasteiger partial charge in [0, 0.05) is 18.1 Å². The van der Waals surface area contributed by atoms with Crippen molar-refractivity contribution in [2.75, 3.05) is 0 Å². The quantitative estimate of drug-likeness (QED) is 0.500. The minimum Gasteiger partial charge on any atom is -0.388 e. The summed E-state index contributed by atoms with van der Waals surface area (Å²) in [7, 11) is 0. The van der Waals surface area contributed by atoms with E-state index in [-0.39, 0.29) is 0 Å². The van der Waals surface area contributed by atoms with Crippen LogP contribution < -0.4 is 0 Å². The number of nitriles is 1. The van der Waals surface area contributed by atoms with Crippen LogP contribution in [0.3, 0.4) is 0 Å². The molecule has 4 heterocycles. The first-order chi connectivity index (χ1) is 13.1. The van der Waals surface area contributed by atoms with E-state index in [1.807, 2.05) is 0 Å². The van der Waals surface area contributed by atoms with E-state index in [4.69, 9.17) is 10.00 Å². The maximum absolute atomic E-state index is 10.2. The number of aliphatic hydroxyl groups excluding tert-OH is 2. The summed E-state index contributed by atoms with van der Waals surface area (Å²) in [5.41, 5.74) is 2.50. The van der Waals surface area contributed by atoms with Crippen LogP contribution in [0.5, 0.6) is 0 Å². The fraction of sp³-hybridized carbons (Fsp3) is 0.353. The van der Waals surface area contributed by atoms with Crippen molar-refractivity contribution in [1.29, 1.82) is 5.26 Å². The molecule has 2 N–H and O–H groups in total. The molecule has 9 nitrogen and oxygen atoms in total. The average molecular weight is 384 g/mol. The SMILES string of the molecule is C[C@H]1O[C@@H](n2cnc3c(SCc4cncc(C#N)c4)ncnc32)[C@H](O)[C@@H]1O. The summed E-state index contributed by atoms with van der Waals surface area (Å²) in [6.45, 7) is 1.70. The van der Waals surface area contributed by atoms with Gasteiger partial charge in [0.1, 0.15) is 35.1 Å². The molecule has 0 spiro atoms. The molecule has 0 aromatic carbocycles. The molecule has 10 heteroatoms. The summed E-state index contributed by atoms with van der Waals surface area (Å²) < 4.78 is 7.26. The van der Waals surface area contributed by atoms with Gasteiger partial charge in [0.05, 0.1) is 18.0 Å². The van der Waals surface area contributed by atoms with Crippen LogP contribution in [0.15, 0.2) is 36.1 Å². The zero-order valence-corrected chi connectivity index (χ0v) is 15.1. The molecule has 3 aromatic rings. The summed E-state index contributed by atoms with van der Waals surface area (Å²) in [4.78, 5) is 17.0. The van der Waals surface area contributed by atoms with Gasteiger partial charge in [0.15, 0.2) is 11.9 Å². The van der Waals surface area contributed by atoms with E-state index < -0.39 is 24.5 Å². The van der Waals surface area contributed by atoms with Crippen molar-refractivity contribution < 1.29 is 14.9 Å². The lowest BCUT2D eigenvalue weighted by Gasteiger charge is -2.16. The van der Waals surface area contributed by atoms with Crippen LogP contribution in [0.25, 0.3) is 11.2 Å². The highest BCUT2D eigenvalue weighted by Crippen LogP contribution is 2.33. The minimum absolute atomic E-state index is 0.488. The molecule has 0 unspecified atom stereocenters. The summed E-state index contributed by atoms with van der Waals surface area (Å²) in [5.74, 6) is 0.569. The molecule has 27 heavy (non-hydrogen) atoms. The molecular weight excluding hydrogens is 368 g/mol. The number of aromatic nitrogens is 5. The lowest BCUT2D eigenvalue weighted by molar-refractivity contribution is -0.0299. The smallest absolute Gasteiger partial charge is 0.166 e. The molecule has 3 aromatic heterocycles.